The van der Waals surface area contributed by atoms with Crippen molar-refractivity contribution < 1.29 is 19.0 Å². The van der Waals surface area contributed by atoms with E-state index in [1.165, 1.54) is 0 Å². The maximum atomic E-state index is 13.3. The van der Waals surface area contributed by atoms with Crippen molar-refractivity contribution in [2.75, 3.05) is 45.9 Å². The number of carbonyl (C=O) groups excluding carboxylic acids is 1. The summed E-state index contributed by atoms with van der Waals surface area (Å²) in [4.78, 5) is 15.2. The summed E-state index contributed by atoms with van der Waals surface area (Å²) in [6.07, 6.45) is 0.756. The Morgan fingerprint density at radius 1 is 1.00 bits per heavy atom. The highest BCUT2D eigenvalue weighted by molar-refractivity contribution is 6.02. The summed E-state index contributed by atoms with van der Waals surface area (Å²) in [6, 6.07) is 15.5. The predicted molar refractivity (Wildman–Crippen MR) is 109 cm³/mol. The van der Waals surface area contributed by atoms with Crippen molar-refractivity contribution in [2.24, 2.45) is 0 Å². The number of para-hydroxylation sites is 1. The van der Waals surface area contributed by atoms with Crippen LogP contribution in [0, 0.1) is 0 Å². The minimum absolute atomic E-state index is 0.0126. The van der Waals surface area contributed by atoms with Crippen molar-refractivity contribution in [2.45, 2.75) is 19.0 Å². The number of anilines is 1. The van der Waals surface area contributed by atoms with Gasteiger partial charge in [0.2, 0.25) is 0 Å². The van der Waals surface area contributed by atoms with Gasteiger partial charge in [-0.05, 0) is 37.6 Å². The Balaban J connectivity index is 1.95. The first kappa shape index (κ1) is 20.2. The Morgan fingerprint density at radius 2 is 1.79 bits per heavy atom. The van der Waals surface area contributed by atoms with Crippen molar-refractivity contribution in [3.8, 4) is 5.75 Å². The van der Waals surface area contributed by atoms with Crippen LogP contribution in [0.15, 0.2) is 48.5 Å². The summed E-state index contributed by atoms with van der Waals surface area (Å²) < 4.78 is 16.0. The number of hydrogen-bond donors (Lipinski definition) is 1. The van der Waals surface area contributed by atoms with Crippen LogP contribution in [0.2, 0.25) is 0 Å². The summed E-state index contributed by atoms with van der Waals surface area (Å²) in [5.74, 6) is 0.763. The van der Waals surface area contributed by atoms with Gasteiger partial charge in [0, 0.05) is 38.6 Å². The molecule has 1 aliphatic rings. The molecule has 0 radical (unpaired) electrons. The van der Waals surface area contributed by atoms with Crippen LogP contribution in [0.4, 0.5) is 5.69 Å². The van der Waals surface area contributed by atoms with Crippen LogP contribution in [0.25, 0.3) is 0 Å². The van der Waals surface area contributed by atoms with E-state index in [1.807, 2.05) is 60.4 Å². The molecule has 150 valence electrons. The first-order valence-electron chi connectivity index (χ1n) is 9.50. The zero-order valence-electron chi connectivity index (χ0n) is 16.7. The van der Waals surface area contributed by atoms with E-state index in [9.17, 15) is 4.79 Å². The highest BCUT2D eigenvalue weighted by Crippen LogP contribution is 2.38. The molecule has 1 amide bonds. The summed E-state index contributed by atoms with van der Waals surface area (Å²) >= 11 is 0. The Kier molecular flexibility index (Phi) is 6.54. The van der Waals surface area contributed by atoms with Crippen molar-refractivity contribution in [1.82, 2.24) is 4.90 Å². The van der Waals surface area contributed by atoms with Crippen molar-refractivity contribution >= 4 is 11.6 Å². The minimum Gasteiger partial charge on any atom is -0.491 e. The normalized spacial score (nSPS) is 18.5. The monoisotopic (exact) mass is 384 g/mol. The molecule has 1 aliphatic heterocycles. The molecule has 28 heavy (non-hydrogen) atoms. The molecule has 0 aromatic heterocycles. The zero-order chi connectivity index (χ0) is 20.0. The number of hydrogen-bond acceptors (Lipinski definition) is 5. The molecule has 0 aliphatic carbocycles. The maximum Gasteiger partial charge on any atom is 0.258 e. The van der Waals surface area contributed by atoms with Crippen LogP contribution in [0.3, 0.4) is 0 Å². The Morgan fingerprint density at radius 3 is 2.57 bits per heavy atom. The summed E-state index contributed by atoms with van der Waals surface area (Å²) in [7, 11) is 3.32. The Labute approximate surface area is 166 Å². The number of nitrogens with one attached hydrogen (secondary N) is 1. The lowest BCUT2D eigenvalue weighted by molar-refractivity contribution is 0.0504. The van der Waals surface area contributed by atoms with Gasteiger partial charge in [0.05, 0.1) is 12.2 Å². The summed E-state index contributed by atoms with van der Waals surface area (Å²) in [6.45, 7) is 4.21. The first-order valence-corrected chi connectivity index (χ1v) is 9.50. The Bertz CT molecular complexity index is 811. The molecule has 0 spiro atoms. The number of nitrogens with zero attached hydrogens (tertiary/aromatic N) is 1. The molecule has 0 saturated carbocycles. The summed E-state index contributed by atoms with van der Waals surface area (Å²) in [5.41, 5.74) is 1.79. The fourth-order valence-corrected chi connectivity index (χ4v) is 3.51. The fourth-order valence-electron chi connectivity index (χ4n) is 3.51. The van der Waals surface area contributed by atoms with Gasteiger partial charge >= 0.3 is 0 Å². The number of benzene rings is 2. The molecule has 1 N–H and O–H groups in total. The van der Waals surface area contributed by atoms with E-state index < -0.39 is 5.66 Å². The second-order valence-corrected chi connectivity index (χ2v) is 6.92. The van der Waals surface area contributed by atoms with E-state index in [0.717, 1.165) is 23.4 Å². The molecule has 0 bridgehead atoms. The molecule has 1 unspecified atom stereocenters. The predicted octanol–water partition coefficient (Wildman–Crippen LogP) is 3.49. The smallest absolute Gasteiger partial charge is 0.258 e. The second-order valence-electron chi connectivity index (χ2n) is 6.92. The van der Waals surface area contributed by atoms with E-state index in [2.05, 4.69) is 5.32 Å². The highest BCUT2D eigenvalue weighted by Gasteiger charge is 2.42. The van der Waals surface area contributed by atoms with Gasteiger partial charge in [0.15, 0.2) is 0 Å². The molecule has 0 fully saturated rings. The standard InChI is InChI=1S/C22H28N2O4/c1-22(17-8-6-9-18(16-17)28-15-14-27-3)23-20-11-5-4-10-19(20)21(25)24(22)12-7-13-26-2/h4-6,8-11,16,23H,7,12-15H2,1-3H3. The van der Waals surface area contributed by atoms with Crippen molar-refractivity contribution in [3.05, 3.63) is 59.7 Å². The maximum absolute atomic E-state index is 13.3. The van der Waals surface area contributed by atoms with Crippen LogP contribution in [-0.4, -0.2) is 51.4 Å². The number of carbonyl (C=O) groups is 1. The molecular formula is C22H28N2O4. The second kappa shape index (κ2) is 9.08. The average Bonchev–Trinajstić information content (AvgIpc) is 2.71. The van der Waals surface area contributed by atoms with Gasteiger partial charge in [-0.25, -0.2) is 0 Å². The molecule has 6 nitrogen and oxygen atoms in total. The Hall–Kier alpha value is -2.57. The third-order valence-corrected chi connectivity index (χ3v) is 5.00. The lowest BCUT2D eigenvalue weighted by Crippen LogP contribution is -2.56. The molecule has 0 saturated heterocycles. The van der Waals surface area contributed by atoms with Crippen LogP contribution in [0.1, 0.15) is 29.3 Å². The highest BCUT2D eigenvalue weighted by atomic mass is 16.5. The van der Waals surface area contributed by atoms with Gasteiger partial charge < -0.3 is 24.4 Å². The minimum atomic E-state index is -0.695. The van der Waals surface area contributed by atoms with Gasteiger partial charge in [-0.3, -0.25) is 4.79 Å². The van der Waals surface area contributed by atoms with E-state index in [1.54, 1.807) is 14.2 Å². The SMILES string of the molecule is COCCCN1C(=O)c2ccccc2NC1(C)c1cccc(OCCOC)c1. The number of rotatable bonds is 9. The van der Waals surface area contributed by atoms with Gasteiger partial charge in [-0.15, -0.1) is 0 Å². The molecule has 2 aromatic rings. The van der Waals surface area contributed by atoms with E-state index >= 15 is 0 Å². The third-order valence-electron chi connectivity index (χ3n) is 5.00. The lowest BCUT2D eigenvalue weighted by atomic mass is 9.93. The van der Waals surface area contributed by atoms with Gasteiger partial charge in [0.1, 0.15) is 18.0 Å². The largest absolute Gasteiger partial charge is 0.491 e. The number of amides is 1. The van der Waals surface area contributed by atoms with Crippen molar-refractivity contribution in [1.29, 1.82) is 0 Å². The van der Waals surface area contributed by atoms with Crippen LogP contribution in [0.5, 0.6) is 5.75 Å². The molecule has 3 rings (SSSR count). The first-order chi connectivity index (χ1) is 13.6. The number of ether oxygens (including phenoxy) is 3. The van der Waals surface area contributed by atoms with Crippen LogP contribution in [-0.2, 0) is 15.1 Å². The third kappa shape index (κ3) is 4.13. The lowest BCUT2D eigenvalue weighted by Gasteiger charge is -2.47. The molecular weight excluding hydrogens is 356 g/mol. The van der Waals surface area contributed by atoms with E-state index in [4.69, 9.17) is 14.2 Å². The van der Waals surface area contributed by atoms with Gasteiger partial charge in [0.25, 0.3) is 5.91 Å². The van der Waals surface area contributed by atoms with E-state index in [0.29, 0.717) is 31.9 Å². The summed E-state index contributed by atoms with van der Waals surface area (Å²) in [5, 5.41) is 3.58. The molecule has 1 heterocycles. The molecule has 1 atom stereocenters. The van der Waals surface area contributed by atoms with Crippen LogP contribution < -0.4 is 10.1 Å². The quantitative estimate of drug-likeness (QED) is 0.671. The van der Waals surface area contributed by atoms with Crippen molar-refractivity contribution in [3.63, 3.8) is 0 Å². The average molecular weight is 384 g/mol. The number of methoxy groups -OCH3 is 2. The molecule has 2 aromatic carbocycles. The topological polar surface area (TPSA) is 60.0 Å². The van der Waals surface area contributed by atoms with E-state index in [-0.39, 0.29) is 5.91 Å². The van der Waals surface area contributed by atoms with Gasteiger partial charge in [-0.1, -0.05) is 24.3 Å². The zero-order valence-corrected chi connectivity index (χ0v) is 16.7. The number of fused-ring (bicyclic) bond motifs is 1. The van der Waals surface area contributed by atoms with Crippen LogP contribution >= 0.6 is 0 Å². The van der Waals surface area contributed by atoms with Gasteiger partial charge in [-0.2, -0.15) is 0 Å². The fraction of sp³-hybridized carbons (Fsp3) is 0.409. The molecule has 6 heteroatoms.